The Kier molecular flexibility index (Phi) is 3.67. The summed E-state index contributed by atoms with van der Waals surface area (Å²) in [6, 6.07) is 0. The molecule has 4 aliphatic carbocycles. The van der Waals surface area contributed by atoms with Crippen molar-refractivity contribution in [1.82, 2.24) is 0 Å². The zero-order valence-electron chi connectivity index (χ0n) is 15.5. The molecule has 0 aromatic carbocycles. The van der Waals surface area contributed by atoms with Crippen molar-refractivity contribution in [3.05, 3.63) is 23.8 Å². The van der Waals surface area contributed by atoms with Gasteiger partial charge in [-0.05, 0) is 62.0 Å². The quantitative estimate of drug-likeness (QED) is 0.532. The first-order valence-corrected chi connectivity index (χ1v) is 9.59. The van der Waals surface area contributed by atoms with E-state index in [1.54, 1.807) is 6.08 Å². The Balaban J connectivity index is 1.77. The Morgan fingerprint density at radius 2 is 1.81 bits per heavy atom. The van der Waals surface area contributed by atoms with Crippen LogP contribution in [0.3, 0.4) is 0 Å². The summed E-state index contributed by atoms with van der Waals surface area (Å²) in [6.07, 6.45) is 6.03. The van der Waals surface area contributed by atoms with Crippen LogP contribution in [0.25, 0.3) is 0 Å². The summed E-state index contributed by atoms with van der Waals surface area (Å²) < 4.78 is 59.0. The van der Waals surface area contributed by atoms with Crippen molar-refractivity contribution in [2.24, 2.45) is 34.5 Å². The molecule has 6 atom stereocenters. The maximum absolute atomic E-state index is 15.3. The van der Waals surface area contributed by atoms with Crippen LogP contribution in [0.2, 0.25) is 0 Å². The zero-order chi connectivity index (χ0) is 19.1. The van der Waals surface area contributed by atoms with Gasteiger partial charge in [0.05, 0.1) is 0 Å². The van der Waals surface area contributed by atoms with Crippen LogP contribution in [-0.2, 0) is 4.79 Å². The van der Waals surface area contributed by atoms with Gasteiger partial charge in [-0.15, -0.1) is 0 Å². The van der Waals surface area contributed by atoms with E-state index in [-0.39, 0.29) is 11.7 Å². The number of carbonyl (C=O) groups is 1. The maximum Gasteiger partial charge on any atom is 0.255 e. The standard InChI is InChI=1S/C21H26F4O/c1-18-8-6-13(26)10-12(18)11-21(24,25)17-14-4-5-16(20(3,22)23)19(14,2)9-7-15(17)18/h6,8,10,14-17H,4-5,7,9,11H2,1-3H3/t14-,15-,16-,17-,18-,19-/m0/s1. The lowest BCUT2D eigenvalue weighted by molar-refractivity contribution is -0.192. The predicted molar refractivity (Wildman–Crippen MR) is 91.1 cm³/mol. The zero-order valence-corrected chi connectivity index (χ0v) is 15.5. The number of hydrogen-bond acceptors (Lipinski definition) is 1. The normalized spacial score (nSPS) is 47.0. The van der Waals surface area contributed by atoms with E-state index in [1.165, 1.54) is 12.2 Å². The van der Waals surface area contributed by atoms with Crippen LogP contribution in [0.1, 0.15) is 52.9 Å². The Bertz CT molecular complexity index is 703. The predicted octanol–water partition coefficient (Wildman–Crippen LogP) is 5.81. The fourth-order valence-electron chi connectivity index (χ4n) is 6.95. The second-order valence-corrected chi connectivity index (χ2v) is 9.50. The molecule has 0 bridgehead atoms. The van der Waals surface area contributed by atoms with E-state index in [0.29, 0.717) is 31.3 Å². The molecule has 3 saturated carbocycles. The summed E-state index contributed by atoms with van der Waals surface area (Å²) in [5.41, 5.74) is -0.793. The molecule has 0 heterocycles. The molecule has 0 aromatic heterocycles. The lowest BCUT2D eigenvalue weighted by Gasteiger charge is -2.59. The van der Waals surface area contributed by atoms with Crippen LogP contribution >= 0.6 is 0 Å². The minimum absolute atomic E-state index is 0.237. The largest absolute Gasteiger partial charge is 0.290 e. The van der Waals surface area contributed by atoms with Gasteiger partial charge in [0.15, 0.2) is 5.78 Å². The average Bonchev–Trinajstić information content (AvgIpc) is 2.86. The molecule has 0 N–H and O–H groups in total. The molecule has 26 heavy (non-hydrogen) atoms. The van der Waals surface area contributed by atoms with Crippen molar-refractivity contribution < 1.29 is 22.4 Å². The molecule has 0 radical (unpaired) electrons. The molecule has 3 fully saturated rings. The molecule has 0 amide bonds. The topological polar surface area (TPSA) is 17.1 Å². The minimum Gasteiger partial charge on any atom is -0.290 e. The van der Waals surface area contributed by atoms with Crippen molar-refractivity contribution in [3.8, 4) is 0 Å². The lowest BCUT2D eigenvalue weighted by Crippen LogP contribution is -2.58. The van der Waals surface area contributed by atoms with Gasteiger partial charge >= 0.3 is 0 Å². The van der Waals surface area contributed by atoms with Gasteiger partial charge in [-0.3, -0.25) is 4.79 Å². The van der Waals surface area contributed by atoms with Crippen molar-refractivity contribution in [2.45, 2.75) is 64.7 Å². The molecule has 1 nitrogen and oxygen atoms in total. The van der Waals surface area contributed by atoms with Crippen molar-refractivity contribution >= 4 is 5.78 Å². The van der Waals surface area contributed by atoms with E-state index in [0.717, 1.165) is 6.92 Å². The number of carbonyl (C=O) groups excluding carboxylic acids is 1. The van der Waals surface area contributed by atoms with Crippen LogP contribution in [0.4, 0.5) is 17.6 Å². The molecule has 0 unspecified atom stereocenters. The van der Waals surface area contributed by atoms with Gasteiger partial charge in [0.1, 0.15) is 0 Å². The third-order valence-corrected chi connectivity index (χ3v) is 8.17. The highest BCUT2D eigenvalue weighted by molar-refractivity contribution is 6.01. The van der Waals surface area contributed by atoms with Gasteiger partial charge < -0.3 is 0 Å². The van der Waals surface area contributed by atoms with E-state index in [2.05, 4.69) is 0 Å². The summed E-state index contributed by atoms with van der Waals surface area (Å²) in [5, 5.41) is 0. The second-order valence-electron chi connectivity index (χ2n) is 9.50. The fourth-order valence-corrected chi connectivity index (χ4v) is 6.95. The van der Waals surface area contributed by atoms with Crippen molar-refractivity contribution in [2.75, 3.05) is 0 Å². The van der Waals surface area contributed by atoms with Gasteiger partial charge in [0, 0.05) is 23.7 Å². The smallest absolute Gasteiger partial charge is 0.255 e. The molecule has 4 rings (SSSR count). The second kappa shape index (κ2) is 5.23. The highest BCUT2D eigenvalue weighted by atomic mass is 19.3. The van der Waals surface area contributed by atoms with E-state index < -0.39 is 46.8 Å². The Labute approximate surface area is 151 Å². The number of allylic oxidation sites excluding steroid dienone is 4. The highest BCUT2D eigenvalue weighted by Gasteiger charge is 2.68. The molecular formula is C21H26F4O. The third-order valence-electron chi connectivity index (χ3n) is 8.17. The summed E-state index contributed by atoms with van der Waals surface area (Å²) in [7, 11) is 0. The molecule has 144 valence electrons. The number of fused-ring (bicyclic) bond motifs is 5. The van der Waals surface area contributed by atoms with Gasteiger partial charge in [0.25, 0.3) is 5.92 Å². The molecule has 5 heteroatoms. The highest BCUT2D eigenvalue weighted by Crippen LogP contribution is 2.70. The van der Waals surface area contributed by atoms with Gasteiger partial charge in [-0.2, -0.15) is 0 Å². The van der Waals surface area contributed by atoms with E-state index in [4.69, 9.17) is 0 Å². The van der Waals surface area contributed by atoms with E-state index in [1.807, 2.05) is 13.8 Å². The van der Waals surface area contributed by atoms with Crippen LogP contribution in [0.5, 0.6) is 0 Å². The van der Waals surface area contributed by atoms with Crippen LogP contribution in [0.15, 0.2) is 23.8 Å². The molecular weight excluding hydrogens is 344 g/mol. The van der Waals surface area contributed by atoms with E-state index in [9.17, 15) is 13.6 Å². The van der Waals surface area contributed by atoms with Crippen LogP contribution < -0.4 is 0 Å². The number of hydrogen-bond donors (Lipinski definition) is 0. The fraction of sp³-hybridized carbons (Fsp3) is 0.762. The van der Waals surface area contributed by atoms with Crippen LogP contribution in [0, 0.1) is 34.5 Å². The molecule has 0 aromatic rings. The first-order valence-electron chi connectivity index (χ1n) is 9.59. The summed E-state index contributed by atoms with van der Waals surface area (Å²) in [4.78, 5) is 11.7. The molecule has 0 aliphatic heterocycles. The first-order chi connectivity index (χ1) is 11.9. The van der Waals surface area contributed by atoms with E-state index >= 15 is 8.78 Å². The summed E-state index contributed by atoms with van der Waals surface area (Å²) in [6.45, 7) is 4.69. The number of halogens is 4. The van der Waals surface area contributed by atoms with Gasteiger partial charge in [0.2, 0.25) is 5.92 Å². The molecule has 0 spiro atoms. The minimum atomic E-state index is -2.95. The Hall–Kier alpha value is -1.13. The molecule has 4 aliphatic rings. The summed E-state index contributed by atoms with van der Waals surface area (Å²) >= 11 is 0. The summed E-state index contributed by atoms with van der Waals surface area (Å²) in [5.74, 6) is -8.45. The monoisotopic (exact) mass is 370 g/mol. The van der Waals surface area contributed by atoms with Gasteiger partial charge in [-0.1, -0.05) is 25.5 Å². The first kappa shape index (κ1) is 18.2. The Morgan fingerprint density at radius 1 is 1.12 bits per heavy atom. The average molecular weight is 370 g/mol. The lowest BCUT2D eigenvalue weighted by atomic mass is 9.46. The number of alkyl halides is 4. The van der Waals surface area contributed by atoms with Crippen molar-refractivity contribution in [3.63, 3.8) is 0 Å². The number of rotatable bonds is 1. The maximum atomic E-state index is 15.3. The third kappa shape index (κ3) is 2.31. The van der Waals surface area contributed by atoms with Crippen molar-refractivity contribution in [1.29, 1.82) is 0 Å². The number of ketones is 1. The SMILES string of the molecule is CC(F)(F)[C@H]1CC[C@H]2[C@H]3[C@H](CC[C@]12C)[C@@]1(C)C=CC(=O)C=C1CC3(F)F. The van der Waals surface area contributed by atoms with Gasteiger partial charge in [-0.25, -0.2) is 17.6 Å². The van der Waals surface area contributed by atoms with Crippen LogP contribution in [-0.4, -0.2) is 17.6 Å². The molecule has 0 saturated heterocycles. The Morgan fingerprint density at radius 3 is 2.46 bits per heavy atom.